The number of rotatable bonds is 6. The summed E-state index contributed by atoms with van der Waals surface area (Å²) in [6.07, 6.45) is 0.883. The van der Waals surface area contributed by atoms with E-state index in [4.69, 9.17) is 16.3 Å². The van der Waals surface area contributed by atoms with Crippen LogP contribution >= 0.6 is 23.4 Å². The van der Waals surface area contributed by atoms with Crippen LogP contribution < -0.4 is 10.6 Å². The predicted octanol–water partition coefficient (Wildman–Crippen LogP) is 4.05. The van der Waals surface area contributed by atoms with Crippen molar-refractivity contribution in [3.63, 3.8) is 0 Å². The number of carbonyl (C=O) groups is 2. The summed E-state index contributed by atoms with van der Waals surface area (Å²) in [6, 6.07) is 4.85. The summed E-state index contributed by atoms with van der Waals surface area (Å²) in [4.78, 5) is 25.5. The standard InChI is InChI=1S/C18H23ClN2O3S/c1-11(2)6-7-20-17(22)14-10-13(19)4-5-15(14)21-18(23)16-12(3)24-8-9-25-16/h4-5,10-11H,6-9H2,1-3H3,(H,20,22)(H,21,23). The molecule has 1 heterocycles. The van der Waals surface area contributed by atoms with Gasteiger partial charge in [0.05, 0.1) is 17.9 Å². The first-order chi connectivity index (χ1) is 11.9. The Bertz CT molecular complexity index is 689. The third kappa shape index (κ3) is 5.68. The maximum absolute atomic E-state index is 12.5. The van der Waals surface area contributed by atoms with E-state index in [0.29, 0.717) is 46.0 Å². The number of thioether (sulfide) groups is 1. The molecule has 0 saturated heterocycles. The van der Waals surface area contributed by atoms with E-state index in [2.05, 4.69) is 24.5 Å². The zero-order valence-electron chi connectivity index (χ0n) is 14.6. The summed E-state index contributed by atoms with van der Waals surface area (Å²) >= 11 is 7.48. The maximum Gasteiger partial charge on any atom is 0.265 e. The topological polar surface area (TPSA) is 67.4 Å². The summed E-state index contributed by atoms with van der Waals surface area (Å²) in [5, 5.41) is 6.11. The van der Waals surface area contributed by atoms with E-state index < -0.39 is 0 Å². The minimum atomic E-state index is -0.277. The second kappa shape index (κ2) is 9.15. The van der Waals surface area contributed by atoms with Crippen molar-refractivity contribution >= 4 is 40.9 Å². The zero-order chi connectivity index (χ0) is 18.4. The van der Waals surface area contributed by atoms with Gasteiger partial charge in [-0.15, -0.1) is 11.8 Å². The number of ether oxygens (including phenoxy) is 1. The van der Waals surface area contributed by atoms with Crippen LogP contribution in [0.25, 0.3) is 0 Å². The SMILES string of the molecule is CC1=C(C(=O)Nc2ccc(Cl)cc2C(=O)NCCC(C)C)SCCO1. The lowest BCUT2D eigenvalue weighted by atomic mass is 10.1. The van der Waals surface area contributed by atoms with E-state index >= 15 is 0 Å². The summed E-state index contributed by atoms with van der Waals surface area (Å²) in [5.41, 5.74) is 0.785. The van der Waals surface area contributed by atoms with Crippen molar-refractivity contribution in [2.75, 3.05) is 24.2 Å². The Kier molecular flexibility index (Phi) is 7.20. The number of amides is 2. The van der Waals surface area contributed by atoms with Crippen LogP contribution in [0.5, 0.6) is 0 Å². The average molecular weight is 383 g/mol. The largest absolute Gasteiger partial charge is 0.496 e. The molecule has 0 atom stereocenters. The number of hydrogen-bond acceptors (Lipinski definition) is 4. The fraction of sp³-hybridized carbons (Fsp3) is 0.444. The van der Waals surface area contributed by atoms with Crippen LogP contribution in [0.3, 0.4) is 0 Å². The molecule has 1 aromatic rings. The van der Waals surface area contributed by atoms with E-state index in [1.165, 1.54) is 11.8 Å². The number of hydrogen-bond donors (Lipinski definition) is 2. The van der Waals surface area contributed by atoms with Crippen molar-refractivity contribution in [1.82, 2.24) is 5.32 Å². The molecule has 136 valence electrons. The first-order valence-corrected chi connectivity index (χ1v) is 9.60. The van der Waals surface area contributed by atoms with Crippen molar-refractivity contribution in [3.05, 3.63) is 39.4 Å². The van der Waals surface area contributed by atoms with Crippen LogP contribution in [0.2, 0.25) is 5.02 Å². The van der Waals surface area contributed by atoms with Gasteiger partial charge in [0.25, 0.3) is 11.8 Å². The first-order valence-electron chi connectivity index (χ1n) is 8.24. The molecule has 0 spiro atoms. The smallest absolute Gasteiger partial charge is 0.265 e. The Morgan fingerprint density at radius 2 is 2.08 bits per heavy atom. The highest BCUT2D eigenvalue weighted by Gasteiger charge is 2.21. The van der Waals surface area contributed by atoms with Gasteiger partial charge in [-0.3, -0.25) is 9.59 Å². The van der Waals surface area contributed by atoms with Crippen LogP contribution in [0, 0.1) is 5.92 Å². The van der Waals surface area contributed by atoms with E-state index in [9.17, 15) is 9.59 Å². The highest BCUT2D eigenvalue weighted by atomic mass is 35.5. The number of benzene rings is 1. The predicted molar refractivity (Wildman–Crippen MR) is 103 cm³/mol. The molecule has 2 amide bonds. The molecule has 2 N–H and O–H groups in total. The number of halogens is 1. The molecule has 0 bridgehead atoms. The van der Waals surface area contributed by atoms with Gasteiger partial charge in [0, 0.05) is 17.3 Å². The third-order valence-corrected chi connectivity index (χ3v) is 5.02. The van der Waals surface area contributed by atoms with Crippen molar-refractivity contribution < 1.29 is 14.3 Å². The monoisotopic (exact) mass is 382 g/mol. The molecular weight excluding hydrogens is 360 g/mol. The van der Waals surface area contributed by atoms with Gasteiger partial charge in [-0.2, -0.15) is 0 Å². The number of carbonyl (C=O) groups excluding carboxylic acids is 2. The second-order valence-electron chi connectivity index (χ2n) is 6.16. The molecule has 25 heavy (non-hydrogen) atoms. The Balaban J connectivity index is 2.15. The van der Waals surface area contributed by atoms with Gasteiger partial charge in [0.1, 0.15) is 10.7 Å². The highest BCUT2D eigenvalue weighted by Crippen LogP contribution is 2.28. The molecule has 0 radical (unpaired) electrons. The molecule has 1 aromatic carbocycles. The van der Waals surface area contributed by atoms with Crippen LogP contribution in [-0.2, 0) is 9.53 Å². The lowest BCUT2D eigenvalue weighted by molar-refractivity contribution is -0.112. The Morgan fingerprint density at radius 3 is 2.76 bits per heavy atom. The number of nitrogens with one attached hydrogen (secondary N) is 2. The molecule has 1 aliphatic rings. The molecular formula is C18H23ClN2O3S. The van der Waals surface area contributed by atoms with Gasteiger partial charge in [-0.05, 0) is 37.5 Å². The summed E-state index contributed by atoms with van der Waals surface area (Å²) in [6.45, 7) is 7.12. The molecule has 1 aliphatic heterocycles. The Hall–Kier alpha value is -1.66. The van der Waals surface area contributed by atoms with E-state index in [-0.39, 0.29) is 11.8 Å². The average Bonchev–Trinajstić information content (AvgIpc) is 2.56. The van der Waals surface area contributed by atoms with Crippen LogP contribution in [-0.4, -0.2) is 30.7 Å². The van der Waals surface area contributed by atoms with E-state index in [1.807, 2.05) is 0 Å². The summed E-state index contributed by atoms with van der Waals surface area (Å²) in [7, 11) is 0. The quantitative estimate of drug-likeness (QED) is 0.778. The van der Waals surface area contributed by atoms with Crippen molar-refractivity contribution in [3.8, 4) is 0 Å². The van der Waals surface area contributed by atoms with Gasteiger partial charge >= 0.3 is 0 Å². The van der Waals surface area contributed by atoms with Crippen LogP contribution in [0.4, 0.5) is 5.69 Å². The van der Waals surface area contributed by atoms with Gasteiger partial charge in [0.15, 0.2) is 0 Å². The normalized spacial score (nSPS) is 14.3. The molecule has 0 fully saturated rings. The zero-order valence-corrected chi connectivity index (χ0v) is 16.2. The summed E-state index contributed by atoms with van der Waals surface area (Å²) in [5.74, 6) is 1.30. The van der Waals surface area contributed by atoms with Crippen molar-refractivity contribution in [2.45, 2.75) is 27.2 Å². The lowest BCUT2D eigenvalue weighted by Crippen LogP contribution is -2.27. The minimum Gasteiger partial charge on any atom is -0.496 e. The fourth-order valence-corrected chi connectivity index (χ4v) is 3.28. The second-order valence-corrected chi connectivity index (χ2v) is 7.71. The van der Waals surface area contributed by atoms with Gasteiger partial charge in [0.2, 0.25) is 0 Å². The van der Waals surface area contributed by atoms with Crippen molar-refractivity contribution in [1.29, 1.82) is 0 Å². The molecule has 0 saturated carbocycles. The van der Waals surface area contributed by atoms with E-state index in [1.54, 1.807) is 25.1 Å². The Labute approximate surface area is 157 Å². The number of allylic oxidation sites excluding steroid dienone is 1. The molecule has 0 aromatic heterocycles. The van der Waals surface area contributed by atoms with Crippen molar-refractivity contribution in [2.24, 2.45) is 5.92 Å². The maximum atomic E-state index is 12.5. The Morgan fingerprint density at radius 1 is 1.32 bits per heavy atom. The first kappa shape index (κ1) is 19.7. The van der Waals surface area contributed by atoms with Crippen LogP contribution in [0.15, 0.2) is 28.9 Å². The lowest BCUT2D eigenvalue weighted by Gasteiger charge is -2.18. The van der Waals surface area contributed by atoms with Gasteiger partial charge < -0.3 is 15.4 Å². The molecule has 5 nitrogen and oxygen atoms in total. The summed E-state index contributed by atoms with van der Waals surface area (Å²) < 4.78 is 5.42. The molecule has 7 heteroatoms. The van der Waals surface area contributed by atoms with Crippen LogP contribution in [0.1, 0.15) is 37.6 Å². The number of anilines is 1. The molecule has 2 rings (SSSR count). The fourth-order valence-electron chi connectivity index (χ4n) is 2.29. The van der Waals surface area contributed by atoms with Gasteiger partial charge in [-0.25, -0.2) is 0 Å². The minimum absolute atomic E-state index is 0.253. The third-order valence-electron chi connectivity index (χ3n) is 3.66. The van der Waals surface area contributed by atoms with Gasteiger partial charge in [-0.1, -0.05) is 25.4 Å². The highest BCUT2D eigenvalue weighted by molar-refractivity contribution is 8.04. The molecule has 0 aliphatic carbocycles. The van der Waals surface area contributed by atoms with E-state index in [0.717, 1.165) is 12.2 Å². The molecule has 0 unspecified atom stereocenters.